The van der Waals surface area contributed by atoms with Gasteiger partial charge in [0.05, 0.1) is 23.6 Å². The van der Waals surface area contributed by atoms with Gasteiger partial charge in [0, 0.05) is 24.3 Å². The highest BCUT2D eigenvalue weighted by molar-refractivity contribution is 5.78. The van der Waals surface area contributed by atoms with Crippen LogP contribution in [0.15, 0.2) is 46.2 Å². The molecule has 6 nitrogen and oxygen atoms in total. The maximum absolute atomic E-state index is 13.0. The van der Waals surface area contributed by atoms with Gasteiger partial charge in [0.1, 0.15) is 0 Å². The van der Waals surface area contributed by atoms with E-state index in [4.69, 9.17) is 0 Å². The number of nitrogens with zero attached hydrogens (tertiary/aromatic N) is 4. The van der Waals surface area contributed by atoms with Crippen molar-refractivity contribution in [2.75, 3.05) is 0 Å². The molecule has 1 aliphatic carbocycles. The molecular weight excluding hydrogens is 292 g/mol. The topological polar surface area (TPSA) is 61.8 Å². The first kappa shape index (κ1) is 14.0. The van der Waals surface area contributed by atoms with Gasteiger partial charge in [0.2, 0.25) is 0 Å². The van der Waals surface area contributed by atoms with E-state index in [0.29, 0.717) is 5.39 Å². The molecule has 3 aromatic rings. The molecule has 0 unspecified atom stereocenters. The maximum atomic E-state index is 13.0. The highest BCUT2D eigenvalue weighted by Gasteiger charge is 2.41. The van der Waals surface area contributed by atoms with Gasteiger partial charge in [0.25, 0.3) is 5.56 Å². The summed E-state index contributed by atoms with van der Waals surface area (Å²) in [7, 11) is 1.82. The smallest absolute Gasteiger partial charge is 0.287 e. The molecule has 118 valence electrons. The molecule has 0 atom stereocenters. The fourth-order valence-electron chi connectivity index (χ4n) is 3.11. The molecule has 1 fully saturated rings. The molecule has 4 rings (SSSR count). The van der Waals surface area contributed by atoms with Crippen molar-refractivity contribution in [3.8, 4) is 0 Å². The molecule has 0 N–H and O–H groups in total. The summed E-state index contributed by atoms with van der Waals surface area (Å²) in [5, 5.41) is 4.70. The lowest BCUT2D eigenvalue weighted by molar-refractivity contribution is 0.493. The molecule has 0 radical (unpaired) electrons. The predicted octanol–water partition coefficient (Wildman–Crippen LogP) is 1.45. The molecular formula is C17H18N4O2. The molecule has 1 saturated carbocycles. The fourth-order valence-corrected chi connectivity index (χ4v) is 3.11. The van der Waals surface area contributed by atoms with E-state index in [9.17, 15) is 9.59 Å². The van der Waals surface area contributed by atoms with Crippen molar-refractivity contribution in [3.63, 3.8) is 0 Å². The third kappa shape index (κ3) is 2.13. The van der Waals surface area contributed by atoms with Gasteiger partial charge >= 0.3 is 5.69 Å². The zero-order valence-electron chi connectivity index (χ0n) is 13.2. The molecule has 0 bridgehead atoms. The Balaban J connectivity index is 2.01. The number of para-hydroxylation sites is 1. The lowest BCUT2D eigenvalue weighted by Crippen LogP contribution is -2.43. The Morgan fingerprint density at radius 3 is 2.61 bits per heavy atom. The van der Waals surface area contributed by atoms with Gasteiger partial charge in [0.15, 0.2) is 0 Å². The van der Waals surface area contributed by atoms with E-state index in [-0.39, 0.29) is 23.3 Å². The van der Waals surface area contributed by atoms with Gasteiger partial charge in [-0.3, -0.25) is 18.6 Å². The summed E-state index contributed by atoms with van der Waals surface area (Å²) in [5.74, 6) is 0. The van der Waals surface area contributed by atoms with E-state index in [2.05, 4.69) is 12.0 Å². The summed E-state index contributed by atoms with van der Waals surface area (Å²) < 4.78 is 4.78. The van der Waals surface area contributed by atoms with Crippen LogP contribution in [-0.4, -0.2) is 18.9 Å². The zero-order chi connectivity index (χ0) is 16.2. The van der Waals surface area contributed by atoms with Crippen molar-refractivity contribution in [2.24, 2.45) is 7.05 Å². The van der Waals surface area contributed by atoms with E-state index in [1.165, 1.54) is 4.57 Å². The number of hydrogen-bond donors (Lipinski definition) is 0. The molecule has 1 aromatic carbocycles. The number of rotatable bonds is 3. The Morgan fingerprint density at radius 2 is 1.96 bits per heavy atom. The lowest BCUT2D eigenvalue weighted by atomic mass is 10.2. The summed E-state index contributed by atoms with van der Waals surface area (Å²) in [6.45, 7) is 2.31. The fraction of sp³-hybridized carbons (Fsp3) is 0.353. The third-order valence-corrected chi connectivity index (χ3v) is 4.66. The largest absolute Gasteiger partial charge is 0.332 e. The number of aromatic nitrogens is 4. The van der Waals surface area contributed by atoms with E-state index in [0.717, 1.165) is 23.9 Å². The van der Waals surface area contributed by atoms with Gasteiger partial charge in [-0.15, -0.1) is 0 Å². The average molecular weight is 310 g/mol. The van der Waals surface area contributed by atoms with Crippen molar-refractivity contribution in [3.05, 3.63) is 63.1 Å². The minimum absolute atomic E-state index is 0.179. The monoisotopic (exact) mass is 310 g/mol. The normalized spacial score (nSPS) is 15.9. The first-order valence-electron chi connectivity index (χ1n) is 7.72. The van der Waals surface area contributed by atoms with Gasteiger partial charge in [-0.2, -0.15) is 5.10 Å². The molecule has 2 heterocycles. The minimum atomic E-state index is -0.241. The van der Waals surface area contributed by atoms with Crippen LogP contribution < -0.4 is 11.2 Å². The molecule has 0 spiro atoms. The summed E-state index contributed by atoms with van der Waals surface area (Å²) in [4.78, 5) is 25.8. The van der Waals surface area contributed by atoms with Crippen molar-refractivity contribution >= 4 is 10.9 Å². The predicted molar refractivity (Wildman–Crippen MR) is 87.7 cm³/mol. The number of benzene rings is 1. The van der Waals surface area contributed by atoms with Crippen molar-refractivity contribution in [2.45, 2.75) is 31.8 Å². The van der Waals surface area contributed by atoms with Crippen LogP contribution in [0, 0.1) is 0 Å². The lowest BCUT2D eigenvalue weighted by Gasteiger charge is -2.18. The molecule has 2 aromatic heterocycles. The Hall–Kier alpha value is -2.63. The first-order valence-corrected chi connectivity index (χ1v) is 7.72. The van der Waals surface area contributed by atoms with Crippen molar-refractivity contribution in [1.82, 2.24) is 18.9 Å². The van der Waals surface area contributed by atoms with E-state index in [1.807, 2.05) is 31.4 Å². The molecule has 0 amide bonds. The van der Waals surface area contributed by atoms with E-state index < -0.39 is 0 Å². The number of hydrogen-bond acceptors (Lipinski definition) is 3. The Morgan fingerprint density at radius 1 is 1.22 bits per heavy atom. The summed E-state index contributed by atoms with van der Waals surface area (Å²) in [5.41, 5.74) is 0.910. The SMILES string of the molecule is Cn1cc(Cn2c(=O)c3ccccc3n(C3(C)CC3)c2=O)cn1. The van der Waals surface area contributed by atoms with Gasteiger partial charge < -0.3 is 0 Å². The molecule has 1 aliphatic rings. The molecule has 0 aliphatic heterocycles. The van der Waals surface area contributed by atoms with Gasteiger partial charge in [-0.05, 0) is 31.9 Å². The van der Waals surface area contributed by atoms with Crippen molar-refractivity contribution < 1.29 is 0 Å². The van der Waals surface area contributed by atoms with E-state index in [1.54, 1.807) is 21.5 Å². The van der Waals surface area contributed by atoms with Crippen LogP contribution in [0.1, 0.15) is 25.3 Å². The zero-order valence-corrected chi connectivity index (χ0v) is 13.2. The Labute approximate surface area is 132 Å². The van der Waals surface area contributed by atoms with Crippen LogP contribution in [0.25, 0.3) is 10.9 Å². The number of aryl methyl sites for hydroxylation is 1. The second-order valence-electron chi connectivity index (χ2n) is 6.55. The minimum Gasteiger partial charge on any atom is -0.287 e. The molecule has 0 saturated heterocycles. The highest BCUT2D eigenvalue weighted by Crippen LogP contribution is 2.42. The quantitative estimate of drug-likeness (QED) is 0.735. The van der Waals surface area contributed by atoms with Crippen LogP contribution in [0.4, 0.5) is 0 Å². The average Bonchev–Trinajstić information content (AvgIpc) is 3.13. The Bertz CT molecular complexity index is 1020. The molecule has 23 heavy (non-hydrogen) atoms. The van der Waals surface area contributed by atoms with Crippen molar-refractivity contribution in [1.29, 1.82) is 0 Å². The van der Waals surface area contributed by atoms with Crippen LogP contribution in [0.2, 0.25) is 0 Å². The van der Waals surface area contributed by atoms with E-state index >= 15 is 0 Å². The first-order chi connectivity index (χ1) is 11.0. The highest BCUT2D eigenvalue weighted by atomic mass is 16.2. The van der Waals surface area contributed by atoms with Crippen LogP contribution in [0.5, 0.6) is 0 Å². The van der Waals surface area contributed by atoms with Crippen LogP contribution >= 0.6 is 0 Å². The van der Waals surface area contributed by atoms with Gasteiger partial charge in [-0.25, -0.2) is 4.79 Å². The van der Waals surface area contributed by atoms with Gasteiger partial charge in [-0.1, -0.05) is 12.1 Å². The standard InChI is InChI=1S/C17H18N4O2/c1-17(7-8-17)21-14-6-4-3-5-13(14)15(22)20(16(21)23)11-12-9-18-19(2)10-12/h3-6,9-10H,7-8,11H2,1-2H3. The summed E-state index contributed by atoms with van der Waals surface area (Å²) in [6, 6.07) is 7.35. The second kappa shape index (κ2) is 4.68. The summed E-state index contributed by atoms with van der Waals surface area (Å²) in [6.07, 6.45) is 5.43. The second-order valence-corrected chi connectivity index (χ2v) is 6.55. The molecule has 6 heteroatoms. The van der Waals surface area contributed by atoms with Crippen LogP contribution in [0.3, 0.4) is 0 Å². The summed E-state index contributed by atoms with van der Waals surface area (Å²) >= 11 is 0. The Kier molecular flexibility index (Phi) is 2.85. The number of fused-ring (bicyclic) bond motifs is 1. The van der Waals surface area contributed by atoms with Crippen LogP contribution in [-0.2, 0) is 19.1 Å². The third-order valence-electron chi connectivity index (χ3n) is 4.66. The maximum Gasteiger partial charge on any atom is 0.332 e.